The Balaban J connectivity index is 2.13. The van der Waals surface area contributed by atoms with Crippen molar-refractivity contribution in [3.05, 3.63) is 53.9 Å². The largest absolute Gasteiger partial charge is 0.416 e. The molecule has 0 saturated carbocycles. The number of rotatable bonds is 8. The number of hydrogen-bond donors (Lipinski definition) is 2. The topological polar surface area (TPSA) is 80.3 Å². The molecule has 29 heavy (non-hydrogen) atoms. The summed E-state index contributed by atoms with van der Waals surface area (Å²) in [6.45, 7) is 1.84. The molecular formula is C19H20F3N3O3S. The number of hydrogen-bond acceptors (Lipinski definition) is 5. The molecule has 2 amide bonds. The van der Waals surface area contributed by atoms with Crippen molar-refractivity contribution >= 4 is 29.3 Å². The van der Waals surface area contributed by atoms with E-state index in [2.05, 4.69) is 15.6 Å². The monoisotopic (exact) mass is 427 g/mol. The number of methoxy groups -OCH3 is 1. The molecule has 1 heterocycles. The van der Waals surface area contributed by atoms with E-state index < -0.39 is 23.6 Å². The Labute approximate surface area is 170 Å². The number of benzene rings is 1. The number of amides is 2. The number of ether oxygens (including phenoxy) is 1. The molecule has 2 aromatic rings. The van der Waals surface area contributed by atoms with Crippen molar-refractivity contribution in [2.24, 2.45) is 0 Å². The summed E-state index contributed by atoms with van der Waals surface area (Å²) < 4.78 is 44.6. The fraction of sp³-hybridized carbons (Fsp3) is 0.316. The zero-order chi connectivity index (χ0) is 21.4. The van der Waals surface area contributed by atoms with Gasteiger partial charge in [-0.05, 0) is 37.3 Å². The van der Waals surface area contributed by atoms with Gasteiger partial charge >= 0.3 is 6.18 Å². The number of carbonyl (C=O) groups is 2. The fourth-order valence-corrected chi connectivity index (χ4v) is 2.88. The van der Waals surface area contributed by atoms with E-state index in [1.165, 1.54) is 24.9 Å². The number of pyridine rings is 1. The maximum Gasteiger partial charge on any atom is 0.416 e. The Bertz CT molecular complexity index is 848. The lowest BCUT2D eigenvalue weighted by Gasteiger charge is -2.14. The maximum absolute atomic E-state index is 13.2. The van der Waals surface area contributed by atoms with Crippen LogP contribution >= 0.6 is 11.8 Å². The normalized spacial score (nSPS) is 12.3. The third-order valence-corrected chi connectivity index (χ3v) is 4.79. The Hall–Kier alpha value is -2.59. The lowest BCUT2D eigenvalue weighted by Crippen LogP contribution is -2.31. The first-order valence-electron chi connectivity index (χ1n) is 8.55. The van der Waals surface area contributed by atoms with Crippen molar-refractivity contribution < 1.29 is 27.5 Å². The van der Waals surface area contributed by atoms with Gasteiger partial charge in [0.15, 0.2) is 0 Å². The molecule has 0 aliphatic rings. The molecule has 0 fully saturated rings. The third kappa shape index (κ3) is 7.39. The van der Waals surface area contributed by atoms with Gasteiger partial charge in [-0.2, -0.15) is 13.2 Å². The highest BCUT2D eigenvalue weighted by atomic mass is 32.2. The van der Waals surface area contributed by atoms with Gasteiger partial charge in [-0.25, -0.2) is 0 Å². The van der Waals surface area contributed by atoms with Crippen molar-refractivity contribution in [2.45, 2.75) is 24.1 Å². The number of anilines is 1. The second kappa shape index (κ2) is 10.3. The zero-order valence-electron chi connectivity index (χ0n) is 15.7. The molecule has 0 spiro atoms. The number of nitrogens with zero attached hydrogens (tertiary/aromatic N) is 1. The van der Waals surface area contributed by atoms with E-state index in [0.717, 1.165) is 17.0 Å². The van der Waals surface area contributed by atoms with Crippen LogP contribution in [-0.4, -0.2) is 42.3 Å². The minimum atomic E-state index is -4.67. The first-order valence-corrected chi connectivity index (χ1v) is 9.53. The van der Waals surface area contributed by atoms with Gasteiger partial charge in [0.2, 0.25) is 5.91 Å². The van der Waals surface area contributed by atoms with Crippen LogP contribution in [0.5, 0.6) is 0 Å². The number of carbonyl (C=O) groups excluding carboxylic acids is 2. The van der Waals surface area contributed by atoms with Gasteiger partial charge in [-0.15, -0.1) is 11.8 Å². The smallest absolute Gasteiger partial charge is 0.380 e. The van der Waals surface area contributed by atoms with Crippen molar-refractivity contribution in [3.8, 4) is 0 Å². The Morgan fingerprint density at radius 3 is 2.52 bits per heavy atom. The van der Waals surface area contributed by atoms with Gasteiger partial charge in [0.05, 0.1) is 17.4 Å². The van der Waals surface area contributed by atoms with E-state index in [9.17, 15) is 22.8 Å². The van der Waals surface area contributed by atoms with Gasteiger partial charge < -0.3 is 15.4 Å². The van der Waals surface area contributed by atoms with Crippen LogP contribution in [-0.2, 0) is 15.7 Å². The number of thioether (sulfide) groups is 1. The lowest BCUT2D eigenvalue weighted by molar-refractivity contribution is -0.137. The van der Waals surface area contributed by atoms with E-state index in [-0.39, 0.29) is 29.7 Å². The Morgan fingerprint density at radius 1 is 1.21 bits per heavy atom. The fourth-order valence-electron chi connectivity index (χ4n) is 2.20. The lowest BCUT2D eigenvalue weighted by atomic mass is 10.1. The summed E-state index contributed by atoms with van der Waals surface area (Å²) in [5, 5.41) is 4.92. The standard InChI is InChI=1S/C19H20F3N3O3S/c1-12(28-2)10-24-18(27)13-7-14(19(20,21)22)9-15(8-13)25-17(26)11-29-16-3-5-23-6-4-16/h3-9,12H,10-11H2,1-2H3,(H,24,27)(H,25,26). The predicted molar refractivity (Wildman–Crippen MR) is 104 cm³/mol. The Kier molecular flexibility index (Phi) is 8.03. The highest BCUT2D eigenvalue weighted by Gasteiger charge is 2.32. The predicted octanol–water partition coefficient (Wildman–Crippen LogP) is 3.60. The molecule has 6 nitrogen and oxygen atoms in total. The van der Waals surface area contributed by atoms with E-state index >= 15 is 0 Å². The molecule has 0 saturated heterocycles. The third-order valence-electron chi connectivity index (χ3n) is 3.78. The minimum Gasteiger partial charge on any atom is -0.380 e. The molecule has 1 atom stereocenters. The highest BCUT2D eigenvalue weighted by Crippen LogP contribution is 2.32. The molecule has 0 aliphatic heterocycles. The molecule has 1 unspecified atom stereocenters. The van der Waals surface area contributed by atoms with Crippen LogP contribution in [0.3, 0.4) is 0 Å². The van der Waals surface area contributed by atoms with Crippen molar-refractivity contribution in [1.29, 1.82) is 0 Å². The van der Waals surface area contributed by atoms with Crippen LogP contribution in [0.15, 0.2) is 47.6 Å². The van der Waals surface area contributed by atoms with Crippen LogP contribution < -0.4 is 10.6 Å². The van der Waals surface area contributed by atoms with Gasteiger partial charge in [0.1, 0.15) is 0 Å². The van der Waals surface area contributed by atoms with E-state index in [1.54, 1.807) is 31.5 Å². The van der Waals surface area contributed by atoms with Crippen LogP contribution in [0.1, 0.15) is 22.8 Å². The number of alkyl halides is 3. The van der Waals surface area contributed by atoms with E-state index in [0.29, 0.717) is 0 Å². The number of nitrogens with one attached hydrogen (secondary N) is 2. The first kappa shape index (κ1) is 22.7. The first-order chi connectivity index (χ1) is 13.7. The SMILES string of the molecule is COC(C)CNC(=O)c1cc(NC(=O)CSc2ccncc2)cc(C(F)(F)F)c1. The van der Waals surface area contributed by atoms with Crippen LogP contribution in [0.2, 0.25) is 0 Å². The molecular weight excluding hydrogens is 407 g/mol. The van der Waals surface area contributed by atoms with E-state index in [1.807, 2.05) is 0 Å². The average molecular weight is 427 g/mol. The second-order valence-electron chi connectivity index (χ2n) is 6.07. The molecule has 1 aromatic carbocycles. The summed E-state index contributed by atoms with van der Waals surface area (Å²) in [6, 6.07) is 6.17. The molecule has 156 valence electrons. The van der Waals surface area contributed by atoms with Crippen molar-refractivity contribution in [3.63, 3.8) is 0 Å². The van der Waals surface area contributed by atoms with Crippen molar-refractivity contribution in [2.75, 3.05) is 24.7 Å². The second-order valence-corrected chi connectivity index (χ2v) is 7.12. The molecule has 0 radical (unpaired) electrons. The average Bonchev–Trinajstić information content (AvgIpc) is 2.70. The van der Waals surface area contributed by atoms with Gasteiger partial charge in [0.25, 0.3) is 5.91 Å². The number of halogens is 3. The molecule has 2 N–H and O–H groups in total. The summed E-state index contributed by atoms with van der Waals surface area (Å²) in [5.41, 5.74) is -1.34. The summed E-state index contributed by atoms with van der Waals surface area (Å²) in [7, 11) is 1.46. The molecule has 1 aromatic heterocycles. The molecule has 10 heteroatoms. The van der Waals surface area contributed by atoms with Crippen LogP contribution in [0.4, 0.5) is 18.9 Å². The highest BCUT2D eigenvalue weighted by molar-refractivity contribution is 8.00. The quantitative estimate of drug-likeness (QED) is 0.630. The van der Waals surface area contributed by atoms with Gasteiger partial charge in [-0.1, -0.05) is 0 Å². The van der Waals surface area contributed by atoms with Gasteiger partial charge in [-0.3, -0.25) is 14.6 Å². The van der Waals surface area contributed by atoms with E-state index in [4.69, 9.17) is 4.74 Å². The summed E-state index contributed by atoms with van der Waals surface area (Å²) in [6.07, 6.45) is -1.82. The molecule has 0 aliphatic carbocycles. The molecule has 0 bridgehead atoms. The van der Waals surface area contributed by atoms with Crippen molar-refractivity contribution in [1.82, 2.24) is 10.3 Å². The maximum atomic E-state index is 13.2. The Morgan fingerprint density at radius 2 is 1.90 bits per heavy atom. The summed E-state index contributed by atoms with van der Waals surface area (Å²) >= 11 is 1.21. The molecule has 2 rings (SSSR count). The van der Waals surface area contributed by atoms with Crippen LogP contribution in [0, 0.1) is 0 Å². The zero-order valence-corrected chi connectivity index (χ0v) is 16.6. The minimum absolute atomic E-state index is 0.00680. The van der Waals surface area contributed by atoms with Gasteiger partial charge in [0, 0.05) is 42.2 Å². The number of aromatic nitrogens is 1. The summed E-state index contributed by atoms with van der Waals surface area (Å²) in [4.78, 5) is 29.0. The summed E-state index contributed by atoms with van der Waals surface area (Å²) in [5.74, 6) is -1.19. The van der Waals surface area contributed by atoms with Crippen LogP contribution in [0.25, 0.3) is 0 Å².